The summed E-state index contributed by atoms with van der Waals surface area (Å²) in [7, 11) is 1.29. The van der Waals surface area contributed by atoms with E-state index in [2.05, 4.69) is 41.5 Å². The molecule has 0 rings (SSSR count). The molecule has 0 N–H and O–H groups in total. The first-order chi connectivity index (χ1) is 6.12. The minimum absolute atomic E-state index is 0.484. The maximum atomic E-state index is 4.83. The molecule has 0 spiro atoms. The van der Waals surface area contributed by atoms with E-state index in [1.165, 1.54) is 8.78 Å². The van der Waals surface area contributed by atoms with Crippen LogP contribution in [0.3, 0.4) is 0 Å². The molecule has 14 heavy (non-hydrogen) atoms. The Kier molecular flexibility index (Phi) is 8.78. The van der Waals surface area contributed by atoms with Crippen LogP contribution >= 0.6 is 0 Å². The molecule has 0 radical (unpaired) electrons. The van der Waals surface area contributed by atoms with Crippen LogP contribution in [0.1, 0.15) is 55.4 Å². The Bertz CT molecular complexity index is 105. The zero-order chi connectivity index (χ0) is 11.8. The van der Waals surface area contributed by atoms with Crippen molar-refractivity contribution in [1.82, 2.24) is 0 Å². The molecular formula is C12H28BeO. The van der Waals surface area contributed by atoms with E-state index in [-0.39, 0.29) is 0 Å². The van der Waals surface area contributed by atoms with Crippen LogP contribution < -0.4 is 0 Å². The second-order valence-corrected chi connectivity index (χ2v) is 6.08. The van der Waals surface area contributed by atoms with Crippen LogP contribution in [0, 0.1) is 0 Å². The fourth-order valence-electron chi connectivity index (χ4n) is 1.80. The average Bonchev–Trinajstić information content (AvgIpc) is 1.81. The van der Waals surface area contributed by atoms with Crippen molar-refractivity contribution in [2.75, 3.05) is 13.2 Å². The monoisotopic (exact) mass is 197 g/mol. The molecule has 0 aliphatic heterocycles. The molecule has 0 unspecified atom stereocenters. The molecular weight excluding hydrogens is 169 g/mol. The van der Waals surface area contributed by atoms with Crippen molar-refractivity contribution in [2.45, 2.75) is 65.7 Å². The van der Waals surface area contributed by atoms with Gasteiger partial charge in [-0.1, -0.05) is 0 Å². The first-order valence-corrected chi connectivity index (χ1v) is 5.70. The summed E-state index contributed by atoms with van der Waals surface area (Å²) in [6.07, 6.45) is 0. The fraction of sp³-hybridized carbons (Fsp3) is 1.00. The van der Waals surface area contributed by atoms with E-state index in [0.29, 0.717) is 10.3 Å². The summed E-state index contributed by atoms with van der Waals surface area (Å²) in [4.78, 5) is 0. The summed E-state index contributed by atoms with van der Waals surface area (Å²) in [6.45, 7) is 19.4. The van der Waals surface area contributed by atoms with E-state index in [0.717, 1.165) is 13.2 Å². The van der Waals surface area contributed by atoms with Crippen molar-refractivity contribution in [1.29, 1.82) is 0 Å². The second kappa shape index (κ2) is 7.42. The van der Waals surface area contributed by atoms with Gasteiger partial charge in [-0.05, 0) is 13.8 Å². The van der Waals surface area contributed by atoms with E-state index in [4.69, 9.17) is 4.74 Å². The molecule has 0 bridgehead atoms. The van der Waals surface area contributed by atoms with Crippen LogP contribution in [0.5, 0.6) is 0 Å². The minimum atomic E-state index is 0.484. The third-order valence-corrected chi connectivity index (χ3v) is 1.47. The van der Waals surface area contributed by atoms with E-state index in [1.54, 1.807) is 0 Å². The quantitative estimate of drug-likeness (QED) is 0.604. The van der Waals surface area contributed by atoms with Gasteiger partial charge in [-0.15, -0.1) is 0 Å². The summed E-state index contributed by atoms with van der Waals surface area (Å²) in [5, 5.41) is 0.969. The first kappa shape index (κ1) is 16.6. The zero-order valence-electron chi connectivity index (χ0n) is 11.5. The Morgan fingerprint density at radius 2 is 1.07 bits per heavy atom. The molecule has 0 saturated heterocycles. The summed E-state index contributed by atoms with van der Waals surface area (Å²) in [5.74, 6) is 0. The maximum absolute atomic E-state index is 4.83. The molecule has 0 aliphatic rings. The van der Waals surface area contributed by atoms with Gasteiger partial charge in [-0.2, -0.15) is 0 Å². The summed E-state index contributed by atoms with van der Waals surface area (Å²) < 4.78 is 4.83. The van der Waals surface area contributed by atoms with Gasteiger partial charge in [0.15, 0.2) is 0 Å². The topological polar surface area (TPSA) is 9.23 Å². The summed E-state index contributed by atoms with van der Waals surface area (Å²) in [5.41, 5.74) is 0. The molecule has 84 valence electrons. The fourth-order valence-corrected chi connectivity index (χ4v) is 1.80. The van der Waals surface area contributed by atoms with Crippen LogP contribution in [0.2, 0.25) is 10.3 Å². The van der Waals surface area contributed by atoms with Gasteiger partial charge in [0.05, 0.1) is 0 Å². The number of hydrogen-bond acceptors (Lipinski definition) is 1. The van der Waals surface area contributed by atoms with Crippen molar-refractivity contribution in [3.05, 3.63) is 0 Å². The zero-order valence-corrected chi connectivity index (χ0v) is 11.5. The van der Waals surface area contributed by atoms with E-state index < -0.39 is 0 Å². The number of ether oxygens (including phenoxy) is 1. The molecule has 0 aromatic carbocycles. The van der Waals surface area contributed by atoms with Crippen LogP contribution in [-0.2, 0) is 4.74 Å². The third kappa shape index (κ3) is 22.7. The SMILES string of the molecule is CCOCC.C[C](C)(C)[Be][C](C)(C)C. The van der Waals surface area contributed by atoms with Crippen LogP contribution in [0.15, 0.2) is 0 Å². The van der Waals surface area contributed by atoms with E-state index in [1.807, 2.05) is 13.8 Å². The Morgan fingerprint density at radius 1 is 0.786 bits per heavy atom. The van der Waals surface area contributed by atoms with Crippen LogP contribution in [0.4, 0.5) is 0 Å². The average molecular weight is 197 g/mol. The van der Waals surface area contributed by atoms with Crippen molar-refractivity contribution >= 4 is 8.78 Å². The molecule has 0 amide bonds. The van der Waals surface area contributed by atoms with Crippen molar-refractivity contribution in [3.63, 3.8) is 0 Å². The standard InChI is InChI=1S/C4H10O.2C4H9.Be/c1-3-5-4-2;2*1-4(2)3;/h3-4H2,1-2H3;2*1-3H3;. The molecule has 0 fully saturated rings. The van der Waals surface area contributed by atoms with Crippen molar-refractivity contribution in [3.8, 4) is 0 Å². The molecule has 0 atom stereocenters. The van der Waals surface area contributed by atoms with Crippen LogP contribution in [0.25, 0.3) is 0 Å². The molecule has 0 aromatic rings. The Labute approximate surface area is 92.9 Å². The van der Waals surface area contributed by atoms with Gasteiger partial charge in [0, 0.05) is 13.2 Å². The molecule has 0 heterocycles. The third-order valence-electron chi connectivity index (χ3n) is 1.47. The van der Waals surface area contributed by atoms with Gasteiger partial charge in [0.25, 0.3) is 0 Å². The van der Waals surface area contributed by atoms with E-state index >= 15 is 0 Å². The number of rotatable bonds is 2. The van der Waals surface area contributed by atoms with Gasteiger partial charge < -0.3 is 4.74 Å². The predicted molar refractivity (Wildman–Crippen MR) is 67.4 cm³/mol. The Balaban J connectivity index is 0. The molecule has 0 saturated carbocycles. The molecule has 2 heteroatoms. The van der Waals surface area contributed by atoms with Gasteiger partial charge in [0.2, 0.25) is 0 Å². The van der Waals surface area contributed by atoms with Gasteiger partial charge in [-0.3, -0.25) is 0 Å². The second-order valence-electron chi connectivity index (χ2n) is 6.08. The van der Waals surface area contributed by atoms with Gasteiger partial charge in [0.1, 0.15) is 0 Å². The Morgan fingerprint density at radius 3 is 1.07 bits per heavy atom. The normalized spacial score (nSPS) is 11.4. The predicted octanol–water partition coefficient (Wildman–Crippen LogP) is 4.17. The molecule has 1 nitrogen and oxygen atoms in total. The summed E-state index contributed by atoms with van der Waals surface area (Å²) in [6, 6.07) is 0. The first-order valence-electron chi connectivity index (χ1n) is 5.70. The number of hydrogen-bond donors (Lipinski definition) is 0. The summed E-state index contributed by atoms with van der Waals surface area (Å²) >= 11 is 0. The van der Waals surface area contributed by atoms with Crippen LogP contribution in [-0.4, -0.2) is 22.0 Å². The van der Waals surface area contributed by atoms with Gasteiger partial charge in [-0.25, -0.2) is 0 Å². The van der Waals surface area contributed by atoms with Crippen molar-refractivity contribution in [2.24, 2.45) is 0 Å². The van der Waals surface area contributed by atoms with Crippen molar-refractivity contribution < 1.29 is 4.74 Å². The van der Waals surface area contributed by atoms with Gasteiger partial charge >= 0.3 is 60.6 Å². The molecule has 0 aromatic heterocycles. The Hall–Kier alpha value is 0.129. The van der Waals surface area contributed by atoms with E-state index in [9.17, 15) is 0 Å². The molecule has 0 aliphatic carbocycles.